The first-order chi connectivity index (χ1) is 7.30. The van der Waals surface area contributed by atoms with Crippen LogP contribution in [0.3, 0.4) is 0 Å². The van der Waals surface area contributed by atoms with Crippen LogP contribution in [0.2, 0.25) is 0 Å². The monoisotopic (exact) mass is 232 g/mol. The van der Waals surface area contributed by atoms with Crippen LogP contribution in [0, 0.1) is 0 Å². The Morgan fingerprint density at radius 3 is 2.19 bits per heavy atom. The van der Waals surface area contributed by atoms with Gasteiger partial charge in [0.2, 0.25) is 0 Å². The van der Waals surface area contributed by atoms with E-state index in [-0.39, 0.29) is 12.1 Å². The highest BCUT2D eigenvalue weighted by Crippen LogP contribution is 2.28. The van der Waals surface area contributed by atoms with Crippen LogP contribution < -0.4 is 5.32 Å². The topological polar surface area (TPSA) is 24.9 Å². The summed E-state index contributed by atoms with van der Waals surface area (Å²) in [5.74, 6) is 0. The van der Waals surface area contributed by atoms with Gasteiger partial charge in [-0.15, -0.1) is 0 Å². The summed E-state index contributed by atoms with van der Waals surface area (Å²) in [5, 5.41) is 3.17. The van der Waals surface area contributed by atoms with Gasteiger partial charge in [-0.25, -0.2) is 0 Å². The van der Waals surface area contributed by atoms with E-state index in [1.807, 2.05) is 20.8 Å². The van der Waals surface area contributed by atoms with Gasteiger partial charge in [0.15, 0.2) is 0 Å². The van der Waals surface area contributed by atoms with Gasteiger partial charge in [0.25, 0.3) is 0 Å². The molecule has 90 valence electrons. The van der Waals surface area contributed by atoms with Crippen molar-refractivity contribution in [1.82, 2.24) is 10.3 Å². The standard InChI is InChI=1S/C11H15F3N2/c1-7(2)16-8(3)10-5-4-9(6-15-10)11(12,13)14/h4-8,16H,1-3H3. The molecule has 1 rings (SSSR count). The SMILES string of the molecule is CC(C)NC(C)c1ccc(C(F)(F)F)cn1. The van der Waals surface area contributed by atoms with E-state index in [0.29, 0.717) is 5.69 Å². The molecule has 1 aromatic heterocycles. The first-order valence-electron chi connectivity index (χ1n) is 5.10. The van der Waals surface area contributed by atoms with Crippen molar-refractivity contribution in [2.75, 3.05) is 0 Å². The molecule has 0 spiro atoms. The molecule has 5 heteroatoms. The maximum absolute atomic E-state index is 12.3. The van der Waals surface area contributed by atoms with Crippen LogP contribution in [-0.2, 0) is 6.18 Å². The van der Waals surface area contributed by atoms with Crippen molar-refractivity contribution in [3.05, 3.63) is 29.6 Å². The Balaban J connectivity index is 2.79. The summed E-state index contributed by atoms with van der Waals surface area (Å²) in [4.78, 5) is 3.82. The number of alkyl halides is 3. The van der Waals surface area contributed by atoms with Crippen molar-refractivity contribution in [1.29, 1.82) is 0 Å². The number of nitrogens with one attached hydrogen (secondary N) is 1. The number of hydrogen-bond donors (Lipinski definition) is 1. The lowest BCUT2D eigenvalue weighted by molar-refractivity contribution is -0.137. The molecule has 0 aliphatic carbocycles. The summed E-state index contributed by atoms with van der Waals surface area (Å²) in [7, 11) is 0. The van der Waals surface area contributed by atoms with E-state index in [1.54, 1.807) is 0 Å². The highest BCUT2D eigenvalue weighted by molar-refractivity contribution is 5.18. The molecule has 0 aliphatic heterocycles. The first kappa shape index (κ1) is 13.0. The normalized spacial score (nSPS) is 14.2. The third-order valence-corrected chi connectivity index (χ3v) is 2.14. The molecule has 0 fully saturated rings. The zero-order valence-corrected chi connectivity index (χ0v) is 9.47. The van der Waals surface area contributed by atoms with Crippen molar-refractivity contribution in [2.45, 2.75) is 39.0 Å². The van der Waals surface area contributed by atoms with Gasteiger partial charge in [0.1, 0.15) is 0 Å². The van der Waals surface area contributed by atoms with Crippen molar-refractivity contribution >= 4 is 0 Å². The van der Waals surface area contributed by atoms with Crippen LogP contribution in [0.25, 0.3) is 0 Å². The Morgan fingerprint density at radius 2 is 1.81 bits per heavy atom. The lowest BCUT2D eigenvalue weighted by Gasteiger charge is -2.16. The molecule has 2 nitrogen and oxygen atoms in total. The van der Waals surface area contributed by atoms with E-state index in [1.165, 1.54) is 6.07 Å². The molecule has 16 heavy (non-hydrogen) atoms. The largest absolute Gasteiger partial charge is 0.417 e. The second-order valence-corrected chi connectivity index (χ2v) is 4.01. The van der Waals surface area contributed by atoms with Gasteiger partial charge in [0.05, 0.1) is 11.3 Å². The molecule has 1 atom stereocenters. The summed E-state index contributed by atoms with van der Waals surface area (Å²) >= 11 is 0. The van der Waals surface area contributed by atoms with E-state index in [2.05, 4.69) is 10.3 Å². The van der Waals surface area contributed by atoms with Gasteiger partial charge in [0, 0.05) is 18.3 Å². The van der Waals surface area contributed by atoms with Crippen molar-refractivity contribution in [3.8, 4) is 0 Å². The fraction of sp³-hybridized carbons (Fsp3) is 0.545. The molecule has 0 aliphatic rings. The zero-order chi connectivity index (χ0) is 12.3. The first-order valence-corrected chi connectivity index (χ1v) is 5.10. The van der Waals surface area contributed by atoms with Gasteiger partial charge < -0.3 is 5.32 Å². The molecule has 0 bridgehead atoms. The summed E-state index contributed by atoms with van der Waals surface area (Å²) in [6.45, 7) is 5.82. The predicted octanol–water partition coefficient (Wildman–Crippen LogP) is 3.16. The van der Waals surface area contributed by atoms with Crippen LogP contribution in [-0.4, -0.2) is 11.0 Å². The third kappa shape index (κ3) is 3.48. The molecule has 1 heterocycles. The second-order valence-electron chi connectivity index (χ2n) is 4.01. The van der Waals surface area contributed by atoms with Gasteiger partial charge in [-0.1, -0.05) is 13.8 Å². The molecule has 0 saturated carbocycles. The molecule has 1 aromatic rings. The quantitative estimate of drug-likeness (QED) is 0.865. The van der Waals surface area contributed by atoms with Gasteiger partial charge >= 0.3 is 6.18 Å². The Kier molecular flexibility index (Phi) is 3.91. The van der Waals surface area contributed by atoms with E-state index < -0.39 is 11.7 Å². The lowest BCUT2D eigenvalue weighted by atomic mass is 10.1. The van der Waals surface area contributed by atoms with E-state index >= 15 is 0 Å². The molecular formula is C11H15F3N2. The number of pyridine rings is 1. The number of hydrogen-bond acceptors (Lipinski definition) is 2. The van der Waals surface area contributed by atoms with E-state index in [0.717, 1.165) is 12.3 Å². The number of halogens is 3. The van der Waals surface area contributed by atoms with Crippen molar-refractivity contribution in [2.24, 2.45) is 0 Å². The number of nitrogens with zero attached hydrogens (tertiary/aromatic N) is 1. The minimum absolute atomic E-state index is 0.0534. The molecule has 0 saturated heterocycles. The van der Waals surface area contributed by atoms with Crippen LogP contribution >= 0.6 is 0 Å². The average Bonchev–Trinajstić information content (AvgIpc) is 2.15. The minimum Gasteiger partial charge on any atom is -0.307 e. The van der Waals surface area contributed by atoms with E-state index in [4.69, 9.17) is 0 Å². The van der Waals surface area contributed by atoms with Gasteiger partial charge in [-0.2, -0.15) is 13.2 Å². The van der Waals surface area contributed by atoms with E-state index in [9.17, 15) is 13.2 Å². The number of aromatic nitrogens is 1. The Hall–Kier alpha value is -1.10. The highest BCUT2D eigenvalue weighted by atomic mass is 19.4. The third-order valence-electron chi connectivity index (χ3n) is 2.14. The average molecular weight is 232 g/mol. The predicted molar refractivity (Wildman–Crippen MR) is 55.9 cm³/mol. The fourth-order valence-corrected chi connectivity index (χ4v) is 1.41. The molecule has 0 radical (unpaired) electrons. The Labute approximate surface area is 92.9 Å². The fourth-order valence-electron chi connectivity index (χ4n) is 1.41. The van der Waals surface area contributed by atoms with Crippen LogP contribution in [0.15, 0.2) is 18.3 Å². The summed E-state index contributed by atoms with van der Waals surface area (Å²) < 4.78 is 36.8. The van der Waals surface area contributed by atoms with Gasteiger partial charge in [-0.3, -0.25) is 4.98 Å². The number of rotatable bonds is 3. The van der Waals surface area contributed by atoms with Crippen LogP contribution in [0.4, 0.5) is 13.2 Å². The molecule has 0 amide bonds. The van der Waals surface area contributed by atoms with Crippen molar-refractivity contribution < 1.29 is 13.2 Å². The van der Waals surface area contributed by atoms with Crippen LogP contribution in [0.1, 0.15) is 38.1 Å². The molecule has 1 unspecified atom stereocenters. The summed E-state index contributed by atoms with van der Waals surface area (Å²) in [5.41, 5.74) is -0.102. The second kappa shape index (κ2) is 4.82. The molecular weight excluding hydrogens is 217 g/mol. The molecule has 1 N–H and O–H groups in total. The van der Waals surface area contributed by atoms with Crippen LogP contribution in [0.5, 0.6) is 0 Å². The summed E-state index contributed by atoms with van der Waals surface area (Å²) in [6.07, 6.45) is -3.45. The molecule has 0 aromatic carbocycles. The van der Waals surface area contributed by atoms with Crippen molar-refractivity contribution in [3.63, 3.8) is 0 Å². The Morgan fingerprint density at radius 1 is 1.19 bits per heavy atom. The Bertz CT molecular complexity index is 330. The zero-order valence-electron chi connectivity index (χ0n) is 9.47. The smallest absolute Gasteiger partial charge is 0.307 e. The van der Waals surface area contributed by atoms with Gasteiger partial charge in [-0.05, 0) is 19.1 Å². The maximum atomic E-state index is 12.3. The lowest BCUT2D eigenvalue weighted by Crippen LogP contribution is -2.26. The summed E-state index contributed by atoms with van der Waals surface area (Å²) in [6, 6.07) is 2.67. The maximum Gasteiger partial charge on any atom is 0.417 e. The highest BCUT2D eigenvalue weighted by Gasteiger charge is 2.30. The minimum atomic E-state index is -4.32.